The Balaban J connectivity index is 1.33. The highest BCUT2D eigenvalue weighted by Crippen LogP contribution is 2.60. The molecule has 1 N–H and O–H groups in total. The lowest BCUT2D eigenvalue weighted by Crippen LogP contribution is -2.45. The fourth-order valence-electron chi connectivity index (χ4n) is 4.06. The van der Waals surface area contributed by atoms with Crippen LogP contribution in [0.3, 0.4) is 0 Å². The number of benzene rings is 1. The minimum atomic E-state index is -4.23. The first kappa shape index (κ1) is 24.0. The highest BCUT2D eigenvalue weighted by Gasteiger charge is 2.65. The summed E-state index contributed by atoms with van der Waals surface area (Å²) in [6.07, 6.45) is -4.22. The number of carbonyl (C=O) groups is 1. The number of ether oxygens (including phenoxy) is 2. The number of phosphoric acid groups is 1. The van der Waals surface area contributed by atoms with Crippen LogP contribution in [-0.4, -0.2) is 52.9 Å². The van der Waals surface area contributed by atoms with E-state index in [4.69, 9.17) is 23.0 Å². The second kappa shape index (κ2) is 8.75. The van der Waals surface area contributed by atoms with Crippen LogP contribution in [0.15, 0.2) is 35.3 Å². The molecule has 3 aliphatic rings. The normalized spacial score (nSPS) is 28.9. The Morgan fingerprint density at radius 1 is 1.34 bits per heavy atom. The zero-order valence-electron chi connectivity index (χ0n) is 18.7. The summed E-state index contributed by atoms with van der Waals surface area (Å²) in [6, 6.07) is 6.12. The van der Waals surface area contributed by atoms with E-state index >= 15 is 8.78 Å². The van der Waals surface area contributed by atoms with Crippen molar-refractivity contribution >= 4 is 19.5 Å². The van der Waals surface area contributed by atoms with Gasteiger partial charge in [-0.25, -0.2) is 9.36 Å². The molecule has 2 aromatic rings. The van der Waals surface area contributed by atoms with E-state index in [-0.39, 0.29) is 5.82 Å². The van der Waals surface area contributed by atoms with Gasteiger partial charge in [0.05, 0.1) is 19.3 Å². The largest absolute Gasteiger partial charge is 0.493 e. The van der Waals surface area contributed by atoms with E-state index in [1.165, 1.54) is 6.07 Å². The number of amides is 1. The topological polar surface area (TPSA) is 127 Å². The van der Waals surface area contributed by atoms with Crippen LogP contribution >= 0.6 is 7.82 Å². The molecule has 0 saturated carbocycles. The van der Waals surface area contributed by atoms with E-state index in [9.17, 15) is 14.2 Å². The van der Waals surface area contributed by atoms with Gasteiger partial charge < -0.3 is 14.8 Å². The number of hydrogen-bond acceptors (Lipinski definition) is 9. The van der Waals surface area contributed by atoms with E-state index in [2.05, 4.69) is 10.3 Å². The van der Waals surface area contributed by atoms with Crippen LogP contribution in [0.1, 0.15) is 36.0 Å². The average molecular weight is 513 g/mol. The fraction of sp³-hybridized carbons (Fsp3) is 0.476. The molecule has 4 heterocycles. The predicted molar refractivity (Wildman–Crippen MR) is 116 cm³/mol. The van der Waals surface area contributed by atoms with Gasteiger partial charge in [0.15, 0.2) is 6.10 Å². The van der Waals surface area contributed by atoms with Crippen molar-refractivity contribution in [2.75, 3.05) is 18.5 Å². The maximum Gasteiger partial charge on any atom is 0.475 e. The van der Waals surface area contributed by atoms with Crippen LogP contribution in [-0.2, 0) is 29.3 Å². The molecule has 3 aliphatic heterocycles. The zero-order chi connectivity index (χ0) is 25.0. The van der Waals surface area contributed by atoms with Crippen molar-refractivity contribution in [2.45, 2.75) is 50.7 Å². The van der Waals surface area contributed by atoms with Gasteiger partial charge in [0.25, 0.3) is 5.91 Å². The fourth-order valence-corrected chi connectivity index (χ4v) is 5.63. The summed E-state index contributed by atoms with van der Waals surface area (Å²) in [7, 11) is -4.23. The van der Waals surface area contributed by atoms with Crippen molar-refractivity contribution in [3.05, 3.63) is 52.1 Å². The number of nitrogens with zero attached hydrogens (tertiary/aromatic N) is 2. The highest BCUT2D eigenvalue weighted by atomic mass is 31.2. The van der Waals surface area contributed by atoms with E-state index < -0.39 is 56.5 Å². The lowest BCUT2D eigenvalue weighted by molar-refractivity contribution is -0.139. The van der Waals surface area contributed by atoms with Gasteiger partial charge >= 0.3 is 19.4 Å². The third-order valence-corrected chi connectivity index (χ3v) is 7.24. The molecule has 1 amide bonds. The Labute approximate surface area is 197 Å². The number of carbonyl (C=O) groups excluding carboxylic acids is 1. The van der Waals surface area contributed by atoms with Gasteiger partial charge in [0.1, 0.15) is 17.7 Å². The van der Waals surface area contributed by atoms with Crippen molar-refractivity contribution in [1.82, 2.24) is 9.55 Å². The summed E-state index contributed by atoms with van der Waals surface area (Å²) >= 11 is 0. The second-order valence-corrected chi connectivity index (χ2v) is 10.1. The number of hydrogen-bond donors (Lipinski definition) is 1. The van der Waals surface area contributed by atoms with E-state index in [0.717, 1.165) is 11.8 Å². The van der Waals surface area contributed by atoms with Gasteiger partial charge in [-0.15, -0.1) is 0 Å². The molecule has 188 valence electrons. The Kier molecular flexibility index (Phi) is 6.01. The molecule has 0 spiro atoms. The van der Waals surface area contributed by atoms with Crippen LogP contribution < -0.4 is 15.7 Å². The number of fused-ring (bicyclic) bond motifs is 2. The minimum Gasteiger partial charge on any atom is -0.493 e. The summed E-state index contributed by atoms with van der Waals surface area (Å²) in [5.74, 6) is -3.69. The van der Waals surface area contributed by atoms with Crippen LogP contribution in [0.2, 0.25) is 0 Å². The molecule has 2 unspecified atom stereocenters. The molecule has 11 nitrogen and oxygen atoms in total. The van der Waals surface area contributed by atoms with Gasteiger partial charge in [-0.3, -0.25) is 22.9 Å². The summed E-state index contributed by atoms with van der Waals surface area (Å²) < 4.78 is 69.3. The van der Waals surface area contributed by atoms with Gasteiger partial charge in [-0.2, -0.15) is 13.8 Å². The minimum absolute atomic E-state index is 0.124. The first-order chi connectivity index (χ1) is 16.6. The molecular formula is C21H22F2N3O8P. The molecule has 0 aliphatic carbocycles. The van der Waals surface area contributed by atoms with Crippen molar-refractivity contribution in [1.29, 1.82) is 0 Å². The smallest absolute Gasteiger partial charge is 0.475 e. The van der Waals surface area contributed by atoms with Gasteiger partial charge in [0.2, 0.25) is 6.23 Å². The Bertz CT molecular complexity index is 1270. The molecule has 0 bridgehead atoms. The Morgan fingerprint density at radius 3 is 2.89 bits per heavy atom. The summed E-state index contributed by atoms with van der Waals surface area (Å²) in [4.78, 5) is 28.8. The molecule has 1 aromatic carbocycles. The summed E-state index contributed by atoms with van der Waals surface area (Å²) in [5.41, 5.74) is 0.133. The molecule has 5 rings (SSSR count). The van der Waals surface area contributed by atoms with Gasteiger partial charge in [-0.1, -0.05) is 0 Å². The monoisotopic (exact) mass is 513 g/mol. The molecule has 2 fully saturated rings. The molecule has 4 atom stereocenters. The van der Waals surface area contributed by atoms with Crippen molar-refractivity contribution < 1.29 is 41.2 Å². The number of halogens is 2. The average Bonchev–Trinajstić information content (AvgIpc) is 3.35. The quantitative estimate of drug-likeness (QED) is 0.601. The Morgan fingerprint density at radius 2 is 2.14 bits per heavy atom. The standard InChI is InChI=1S/C21H22F2N3O8P/c1-11(2)33-35(29)31-10-15-17(34-35)21(22,23)19(32-15)26-7-5-16(25-20(26)28)24-18(27)13-3-4-14-12(9-13)6-8-30-14/h3-5,7,9,11,15,17,19H,6,8,10H2,1-2H3,(H,24,25,27,28)/t15-,17-,19?,35?/m1/s1. The molecule has 2 saturated heterocycles. The first-order valence-corrected chi connectivity index (χ1v) is 12.3. The highest BCUT2D eigenvalue weighted by molar-refractivity contribution is 7.48. The van der Waals surface area contributed by atoms with E-state index in [0.29, 0.717) is 28.9 Å². The van der Waals surface area contributed by atoms with Crippen LogP contribution in [0.5, 0.6) is 5.75 Å². The lowest BCUT2D eigenvalue weighted by Gasteiger charge is -2.32. The number of nitrogens with one attached hydrogen (secondary N) is 1. The van der Waals surface area contributed by atoms with Crippen molar-refractivity contribution in [3.8, 4) is 5.75 Å². The van der Waals surface area contributed by atoms with Crippen molar-refractivity contribution in [2.24, 2.45) is 0 Å². The maximum absolute atomic E-state index is 15.2. The summed E-state index contributed by atoms with van der Waals surface area (Å²) in [6.45, 7) is 3.17. The number of aromatic nitrogens is 2. The SMILES string of the molecule is CC(C)OP1(=O)OC[C@H]2OC(n3ccc(NC(=O)c4ccc5c(c4)CCO5)nc3=O)C(F)(F)[C@@H]2O1. The van der Waals surface area contributed by atoms with Crippen LogP contribution in [0.4, 0.5) is 14.6 Å². The van der Waals surface area contributed by atoms with Crippen molar-refractivity contribution in [3.63, 3.8) is 0 Å². The number of rotatable bonds is 5. The zero-order valence-corrected chi connectivity index (χ0v) is 19.6. The van der Waals surface area contributed by atoms with E-state index in [1.54, 1.807) is 32.0 Å². The molecule has 0 radical (unpaired) electrons. The molecule has 1 aromatic heterocycles. The second-order valence-electron chi connectivity index (χ2n) is 8.50. The number of anilines is 1. The summed E-state index contributed by atoms with van der Waals surface area (Å²) in [5, 5.41) is 2.48. The number of alkyl halides is 2. The van der Waals surface area contributed by atoms with Gasteiger partial charge in [0, 0.05) is 18.2 Å². The maximum atomic E-state index is 15.2. The third-order valence-electron chi connectivity index (χ3n) is 5.61. The molecular weight excluding hydrogens is 491 g/mol. The Hall–Kier alpha value is -2.70. The third kappa shape index (κ3) is 4.50. The predicted octanol–water partition coefficient (Wildman–Crippen LogP) is 2.91. The lowest BCUT2D eigenvalue weighted by atomic mass is 10.1. The van der Waals surface area contributed by atoms with Crippen LogP contribution in [0, 0.1) is 0 Å². The van der Waals surface area contributed by atoms with Gasteiger partial charge in [-0.05, 0) is 43.7 Å². The molecule has 35 heavy (non-hydrogen) atoms. The molecule has 14 heteroatoms. The van der Waals surface area contributed by atoms with Crippen LogP contribution in [0.25, 0.3) is 0 Å². The number of phosphoric ester groups is 1. The first-order valence-electron chi connectivity index (χ1n) is 10.9. The van der Waals surface area contributed by atoms with E-state index in [1.807, 2.05) is 0 Å².